The van der Waals surface area contributed by atoms with Gasteiger partial charge in [0.2, 0.25) is 0 Å². The standard InChI is InChI=1S/C12H22ClN/c1-3-4-6-11-7-5-8-12(11)14-9-10(2)13/h11-12,14H,2-9H2,1H3. The lowest BCUT2D eigenvalue weighted by atomic mass is 9.97. The Bertz CT molecular complexity index is 179. The van der Waals surface area contributed by atoms with Gasteiger partial charge in [0.1, 0.15) is 0 Å². The van der Waals surface area contributed by atoms with Gasteiger partial charge in [-0.2, -0.15) is 0 Å². The molecule has 2 atom stereocenters. The van der Waals surface area contributed by atoms with Crippen molar-refractivity contribution in [3.63, 3.8) is 0 Å². The Balaban J connectivity index is 2.24. The molecule has 1 aliphatic rings. The zero-order chi connectivity index (χ0) is 10.4. The molecule has 2 unspecified atom stereocenters. The summed E-state index contributed by atoms with van der Waals surface area (Å²) in [4.78, 5) is 0. The van der Waals surface area contributed by atoms with Gasteiger partial charge in [0, 0.05) is 17.6 Å². The summed E-state index contributed by atoms with van der Waals surface area (Å²) >= 11 is 5.75. The maximum Gasteiger partial charge on any atom is 0.0310 e. The van der Waals surface area contributed by atoms with Crippen LogP contribution in [0.1, 0.15) is 45.4 Å². The van der Waals surface area contributed by atoms with Gasteiger partial charge in [0.15, 0.2) is 0 Å². The van der Waals surface area contributed by atoms with Gasteiger partial charge in [-0.3, -0.25) is 0 Å². The minimum Gasteiger partial charge on any atom is -0.309 e. The van der Waals surface area contributed by atoms with Crippen molar-refractivity contribution < 1.29 is 0 Å². The first-order valence-corrected chi connectivity index (χ1v) is 6.18. The van der Waals surface area contributed by atoms with Crippen LogP contribution in [0.25, 0.3) is 0 Å². The van der Waals surface area contributed by atoms with E-state index in [0.29, 0.717) is 6.04 Å². The van der Waals surface area contributed by atoms with E-state index in [9.17, 15) is 0 Å². The van der Waals surface area contributed by atoms with Crippen molar-refractivity contribution in [2.75, 3.05) is 6.54 Å². The number of halogens is 1. The minimum absolute atomic E-state index is 0.692. The number of nitrogens with one attached hydrogen (secondary N) is 1. The fraction of sp³-hybridized carbons (Fsp3) is 0.833. The second-order valence-corrected chi connectivity index (χ2v) is 4.87. The first-order valence-electron chi connectivity index (χ1n) is 5.80. The lowest BCUT2D eigenvalue weighted by Crippen LogP contribution is -2.33. The highest BCUT2D eigenvalue weighted by molar-refractivity contribution is 6.29. The summed E-state index contributed by atoms with van der Waals surface area (Å²) in [6, 6.07) is 0.692. The number of hydrogen-bond donors (Lipinski definition) is 1. The summed E-state index contributed by atoms with van der Waals surface area (Å²) < 4.78 is 0. The highest BCUT2D eigenvalue weighted by Gasteiger charge is 2.25. The summed E-state index contributed by atoms with van der Waals surface area (Å²) in [5.74, 6) is 0.881. The molecule has 1 N–H and O–H groups in total. The SMILES string of the molecule is C=C(Cl)CNC1CCCC1CCCC. The van der Waals surface area contributed by atoms with Gasteiger partial charge in [0.05, 0.1) is 0 Å². The predicted octanol–water partition coefficient (Wildman–Crippen LogP) is 3.69. The van der Waals surface area contributed by atoms with Gasteiger partial charge in [-0.05, 0) is 25.2 Å². The molecule has 2 heteroatoms. The van der Waals surface area contributed by atoms with Crippen molar-refractivity contribution >= 4 is 11.6 Å². The Morgan fingerprint density at radius 3 is 2.93 bits per heavy atom. The Morgan fingerprint density at radius 2 is 2.29 bits per heavy atom. The summed E-state index contributed by atoms with van der Waals surface area (Å²) in [5.41, 5.74) is 0. The lowest BCUT2D eigenvalue weighted by Gasteiger charge is -2.20. The summed E-state index contributed by atoms with van der Waals surface area (Å²) in [5, 5.41) is 4.24. The van der Waals surface area contributed by atoms with E-state index in [1.807, 2.05) is 0 Å². The maximum atomic E-state index is 5.75. The zero-order valence-electron chi connectivity index (χ0n) is 9.19. The van der Waals surface area contributed by atoms with E-state index in [1.54, 1.807) is 0 Å². The molecule has 0 bridgehead atoms. The van der Waals surface area contributed by atoms with Crippen molar-refractivity contribution in [3.05, 3.63) is 11.6 Å². The molecule has 0 heterocycles. The third-order valence-corrected chi connectivity index (χ3v) is 3.28. The Kier molecular flexibility index (Phi) is 5.57. The van der Waals surface area contributed by atoms with E-state index in [-0.39, 0.29) is 0 Å². The average Bonchev–Trinajstić information content (AvgIpc) is 2.58. The number of rotatable bonds is 6. The predicted molar refractivity (Wildman–Crippen MR) is 63.6 cm³/mol. The first kappa shape index (κ1) is 12.1. The third kappa shape index (κ3) is 4.02. The van der Waals surface area contributed by atoms with Crippen LogP contribution in [0.2, 0.25) is 0 Å². The molecular formula is C12H22ClN. The third-order valence-electron chi connectivity index (χ3n) is 3.14. The molecular weight excluding hydrogens is 194 g/mol. The van der Waals surface area contributed by atoms with E-state index in [4.69, 9.17) is 11.6 Å². The molecule has 14 heavy (non-hydrogen) atoms. The molecule has 0 aromatic rings. The van der Waals surface area contributed by atoms with Gasteiger partial charge >= 0.3 is 0 Å². The van der Waals surface area contributed by atoms with E-state index in [1.165, 1.54) is 38.5 Å². The van der Waals surface area contributed by atoms with Crippen LogP contribution in [-0.2, 0) is 0 Å². The van der Waals surface area contributed by atoms with Crippen LogP contribution in [0.5, 0.6) is 0 Å². The molecule has 0 aliphatic heterocycles. The molecule has 0 radical (unpaired) electrons. The Labute approximate surface area is 92.9 Å². The summed E-state index contributed by atoms with van der Waals surface area (Å²) in [6.45, 7) is 6.74. The second-order valence-electron chi connectivity index (χ2n) is 4.34. The van der Waals surface area contributed by atoms with Crippen molar-refractivity contribution in [3.8, 4) is 0 Å². The molecule has 1 aliphatic carbocycles. The quantitative estimate of drug-likeness (QED) is 0.713. The van der Waals surface area contributed by atoms with Gasteiger partial charge in [-0.15, -0.1) is 0 Å². The number of unbranched alkanes of at least 4 members (excludes halogenated alkanes) is 1. The fourth-order valence-corrected chi connectivity index (χ4v) is 2.44. The fourth-order valence-electron chi connectivity index (χ4n) is 2.36. The van der Waals surface area contributed by atoms with Crippen LogP contribution in [0.4, 0.5) is 0 Å². The van der Waals surface area contributed by atoms with Crippen LogP contribution < -0.4 is 5.32 Å². The molecule has 1 nitrogen and oxygen atoms in total. The Hall–Kier alpha value is -0.0100. The van der Waals surface area contributed by atoms with E-state index >= 15 is 0 Å². The molecule has 1 fully saturated rings. The molecule has 82 valence electrons. The van der Waals surface area contributed by atoms with E-state index < -0.39 is 0 Å². The normalized spacial score (nSPS) is 26.7. The highest BCUT2D eigenvalue weighted by Crippen LogP contribution is 2.29. The van der Waals surface area contributed by atoms with Gasteiger partial charge in [0.25, 0.3) is 0 Å². The molecule has 0 aromatic heterocycles. The molecule has 0 amide bonds. The van der Waals surface area contributed by atoms with Gasteiger partial charge in [-0.1, -0.05) is 44.4 Å². The topological polar surface area (TPSA) is 12.0 Å². The van der Waals surface area contributed by atoms with Crippen molar-refractivity contribution in [2.24, 2.45) is 5.92 Å². The highest BCUT2D eigenvalue weighted by atomic mass is 35.5. The monoisotopic (exact) mass is 215 g/mol. The van der Waals surface area contributed by atoms with Crippen LogP contribution in [0.3, 0.4) is 0 Å². The maximum absolute atomic E-state index is 5.75. The molecule has 1 rings (SSSR count). The van der Waals surface area contributed by atoms with Gasteiger partial charge in [-0.25, -0.2) is 0 Å². The zero-order valence-corrected chi connectivity index (χ0v) is 9.95. The molecule has 1 saturated carbocycles. The smallest absolute Gasteiger partial charge is 0.0310 e. The van der Waals surface area contributed by atoms with E-state index in [0.717, 1.165) is 17.5 Å². The average molecular weight is 216 g/mol. The molecule has 0 saturated heterocycles. The van der Waals surface area contributed by atoms with Crippen molar-refractivity contribution in [1.29, 1.82) is 0 Å². The second kappa shape index (κ2) is 6.47. The number of hydrogen-bond acceptors (Lipinski definition) is 1. The van der Waals surface area contributed by atoms with Crippen LogP contribution in [-0.4, -0.2) is 12.6 Å². The Morgan fingerprint density at radius 1 is 1.50 bits per heavy atom. The summed E-state index contributed by atoms with van der Waals surface area (Å²) in [7, 11) is 0. The van der Waals surface area contributed by atoms with Crippen molar-refractivity contribution in [1.82, 2.24) is 5.32 Å². The lowest BCUT2D eigenvalue weighted by molar-refractivity contribution is 0.380. The van der Waals surface area contributed by atoms with E-state index in [2.05, 4.69) is 18.8 Å². The van der Waals surface area contributed by atoms with Crippen LogP contribution >= 0.6 is 11.6 Å². The molecule has 0 aromatic carbocycles. The summed E-state index contributed by atoms with van der Waals surface area (Å²) in [6.07, 6.45) is 8.14. The van der Waals surface area contributed by atoms with Gasteiger partial charge < -0.3 is 5.32 Å². The minimum atomic E-state index is 0.692. The largest absolute Gasteiger partial charge is 0.309 e. The van der Waals surface area contributed by atoms with Crippen LogP contribution in [0, 0.1) is 5.92 Å². The van der Waals surface area contributed by atoms with Crippen molar-refractivity contribution in [2.45, 2.75) is 51.5 Å². The van der Waals surface area contributed by atoms with Crippen LogP contribution in [0.15, 0.2) is 11.6 Å². The first-order chi connectivity index (χ1) is 6.74. The molecule has 0 spiro atoms.